The molecular weight excluding hydrogens is 248 g/mol. The second-order valence-electron chi connectivity index (χ2n) is 6.82. The van der Waals surface area contributed by atoms with Crippen molar-refractivity contribution in [2.24, 2.45) is 5.92 Å². The smallest absolute Gasteiger partial charge is 0.110 e. The average molecular weight is 272 g/mol. The zero-order chi connectivity index (χ0) is 14.2. The molecule has 3 heterocycles. The molecular formula is C16H24N4. The van der Waals surface area contributed by atoms with Crippen LogP contribution in [0.15, 0.2) is 18.5 Å². The summed E-state index contributed by atoms with van der Waals surface area (Å²) in [5.74, 6) is 1.91. The van der Waals surface area contributed by atoms with Gasteiger partial charge in [-0.05, 0) is 58.7 Å². The number of imidazole rings is 1. The summed E-state index contributed by atoms with van der Waals surface area (Å²) >= 11 is 0. The van der Waals surface area contributed by atoms with Crippen molar-refractivity contribution in [1.29, 1.82) is 0 Å². The van der Waals surface area contributed by atoms with Crippen molar-refractivity contribution in [2.75, 3.05) is 13.1 Å². The number of fused-ring (bicyclic) bond motifs is 1. The van der Waals surface area contributed by atoms with Crippen molar-refractivity contribution in [3.8, 4) is 0 Å². The Bertz CT molecular complexity index is 588. The molecule has 4 heteroatoms. The highest BCUT2D eigenvalue weighted by Gasteiger charge is 2.24. The van der Waals surface area contributed by atoms with Gasteiger partial charge in [-0.15, -0.1) is 0 Å². The Morgan fingerprint density at radius 1 is 1.40 bits per heavy atom. The van der Waals surface area contributed by atoms with E-state index < -0.39 is 0 Å². The molecule has 2 aromatic heterocycles. The molecule has 0 amide bonds. The summed E-state index contributed by atoms with van der Waals surface area (Å²) in [7, 11) is 0. The summed E-state index contributed by atoms with van der Waals surface area (Å²) < 4.78 is 2.39. The molecule has 1 unspecified atom stereocenters. The van der Waals surface area contributed by atoms with Crippen LogP contribution in [-0.2, 0) is 12.0 Å². The number of hydrogen-bond donors (Lipinski definition) is 1. The fourth-order valence-corrected chi connectivity index (χ4v) is 3.22. The molecule has 1 fully saturated rings. The van der Waals surface area contributed by atoms with Gasteiger partial charge in [0.15, 0.2) is 0 Å². The number of hydrogen-bond acceptors (Lipinski definition) is 3. The van der Waals surface area contributed by atoms with Crippen molar-refractivity contribution in [3.63, 3.8) is 0 Å². The molecule has 108 valence electrons. The van der Waals surface area contributed by atoms with Crippen LogP contribution in [0.25, 0.3) is 11.0 Å². The first-order valence-electron chi connectivity index (χ1n) is 7.58. The lowest BCUT2D eigenvalue weighted by Gasteiger charge is -2.27. The van der Waals surface area contributed by atoms with E-state index in [0.717, 1.165) is 25.0 Å². The number of nitrogens with one attached hydrogen (secondary N) is 1. The van der Waals surface area contributed by atoms with E-state index in [2.05, 4.69) is 41.7 Å². The molecule has 2 aromatic rings. The molecule has 1 N–H and O–H groups in total. The fourth-order valence-electron chi connectivity index (χ4n) is 3.22. The van der Waals surface area contributed by atoms with E-state index in [1.54, 1.807) is 0 Å². The minimum Gasteiger partial charge on any atom is -0.322 e. The molecule has 20 heavy (non-hydrogen) atoms. The number of rotatable bonds is 2. The first-order valence-corrected chi connectivity index (χ1v) is 7.58. The second kappa shape index (κ2) is 5.17. The highest BCUT2D eigenvalue weighted by atomic mass is 15.1. The minimum absolute atomic E-state index is 0.0491. The third-order valence-corrected chi connectivity index (χ3v) is 4.07. The maximum Gasteiger partial charge on any atom is 0.110 e. The fraction of sp³-hybridized carbons (Fsp3) is 0.625. The minimum atomic E-state index is 0.0491. The van der Waals surface area contributed by atoms with Crippen molar-refractivity contribution < 1.29 is 0 Å². The Labute approximate surface area is 120 Å². The van der Waals surface area contributed by atoms with E-state index in [9.17, 15) is 0 Å². The topological polar surface area (TPSA) is 42.7 Å². The van der Waals surface area contributed by atoms with E-state index in [1.807, 2.05) is 12.4 Å². The first kappa shape index (κ1) is 13.6. The zero-order valence-corrected chi connectivity index (χ0v) is 12.7. The largest absolute Gasteiger partial charge is 0.322 e. The molecule has 0 aliphatic carbocycles. The van der Waals surface area contributed by atoms with Gasteiger partial charge in [0, 0.05) is 18.2 Å². The summed E-state index contributed by atoms with van der Waals surface area (Å²) in [5.41, 5.74) is 2.26. The van der Waals surface area contributed by atoms with Gasteiger partial charge in [0.25, 0.3) is 0 Å². The van der Waals surface area contributed by atoms with Gasteiger partial charge in [-0.25, -0.2) is 4.98 Å². The summed E-state index contributed by atoms with van der Waals surface area (Å²) in [6.45, 7) is 9.02. The van der Waals surface area contributed by atoms with Gasteiger partial charge in [0.2, 0.25) is 0 Å². The quantitative estimate of drug-likeness (QED) is 0.914. The molecule has 0 saturated carbocycles. The van der Waals surface area contributed by atoms with Crippen LogP contribution < -0.4 is 5.32 Å². The van der Waals surface area contributed by atoms with Crippen LogP contribution in [0, 0.1) is 5.92 Å². The van der Waals surface area contributed by atoms with Crippen molar-refractivity contribution >= 4 is 11.0 Å². The van der Waals surface area contributed by atoms with Gasteiger partial charge in [-0.2, -0.15) is 0 Å². The van der Waals surface area contributed by atoms with E-state index in [-0.39, 0.29) is 5.54 Å². The van der Waals surface area contributed by atoms with Crippen LogP contribution >= 0.6 is 0 Å². The molecule has 0 bridgehead atoms. The van der Waals surface area contributed by atoms with Gasteiger partial charge in [-0.1, -0.05) is 0 Å². The van der Waals surface area contributed by atoms with Crippen molar-refractivity contribution in [2.45, 2.75) is 45.6 Å². The number of piperidine rings is 1. The monoisotopic (exact) mass is 272 g/mol. The molecule has 0 radical (unpaired) electrons. The molecule has 1 atom stereocenters. The van der Waals surface area contributed by atoms with Crippen LogP contribution in [0.3, 0.4) is 0 Å². The summed E-state index contributed by atoms with van der Waals surface area (Å²) in [5, 5.41) is 3.50. The highest BCUT2D eigenvalue weighted by Crippen LogP contribution is 2.27. The van der Waals surface area contributed by atoms with E-state index >= 15 is 0 Å². The van der Waals surface area contributed by atoms with Gasteiger partial charge < -0.3 is 9.88 Å². The van der Waals surface area contributed by atoms with E-state index in [1.165, 1.54) is 24.2 Å². The summed E-state index contributed by atoms with van der Waals surface area (Å²) in [6.07, 6.45) is 7.37. The predicted molar refractivity (Wildman–Crippen MR) is 81.8 cm³/mol. The molecule has 1 aliphatic rings. The zero-order valence-electron chi connectivity index (χ0n) is 12.7. The van der Waals surface area contributed by atoms with E-state index in [4.69, 9.17) is 4.98 Å². The third-order valence-electron chi connectivity index (χ3n) is 4.07. The van der Waals surface area contributed by atoms with Crippen LogP contribution in [0.4, 0.5) is 0 Å². The Hall–Kier alpha value is -1.42. The van der Waals surface area contributed by atoms with Crippen molar-refractivity contribution in [3.05, 3.63) is 24.3 Å². The molecule has 0 spiro atoms. The SMILES string of the molecule is CC(C)(C)n1c(CC2CCCNC2)nc2cnccc21. The Kier molecular flexibility index (Phi) is 3.50. The second-order valence-corrected chi connectivity index (χ2v) is 6.82. The normalized spacial score (nSPS) is 20.4. The number of nitrogens with zero attached hydrogens (tertiary/aromatic N) is 3. The number of pyridine rings is 1. The lowest BCUT2D eigenvalue weighted by Crippen LogP contribution is -2.32. The lowest BCUT2D eigenvalue weighted by atomic mass is 9.95. The van der Waals surface area contributed by atoms with Gasteiger partial charge in [-0.3, -0.25) is 4.98 Å². The molecule has 3 rings (SSSR count). The molecule has 1 aliphatic heterocycles. The lowest BCUT2D eigenvalue weighted by molar-refractivity contribution is 0.343. The maximum atomic E-state index is 4.85. The van der Waals surface area contributed by atoms with Crippen LogP contribution in [-0.4, -0.2) is 27.6 Å². The Morgan fingerprint density at radius 2 is 2.25 bits per heavy atom. The van der Waals surface area contributed by atoms with Gasteiger partial charge in [0.1, 0.15) is 11.3 Å². The molecule has 0 aromatic carbocycles. The summed E-state index contributed by atoms with van der Waals surface area (Å²) in [6, 6.07) is 2.08. The Morgan fingerprint density at radius 3 is 2.95 bits per heavy atom. The van der Waals surface area contributed by atoms with Crippen LogP contribution in [0.5, 0.6) is 0 Å². The average Bonchev–Trinajstić information content (AvgIpc) is 2.77. The third kappa shape index (κ3) is 2.57. The highest BCUT2D eigenvalue weighted by molar-refractivity contribution is 5.75. The molecule has 4 nitrogen and oxygen atoms in total. The van der Waals surface area contributed by atoms with E-state index in [0.29, 0.717) is 5.92 Å². The summed E-state index contributed by atoms with van der Waals surface area (Å²) in [4.78, 5) is 9.05. The van der Waals surface area contributed by atoms with Gasteiger partial charge >= 0.3 is 0 Å². The van der Waals surface area contributed by atoms with Crippen LogP contribution in [0.2, 0.25) is 0 Å². The van der Waals surface area contributed by atoms with Crippen molar-refractivity contribution in [1.82, 2.24) is 19.9 Å². The maximum absolute atomic E-state index is 4.85. The number of aromatic nitrogens is 3. The standard InChI is InChI=1S/C16H24N4/c1-16(2,3)20-14-6-8-18-11-13(14)19-15(20)9-12-5-4-7-17-10-12/h6,8,11-12,17H,4-5,7,9-10H2,1-3H3. The van der Waals surface area contributed by atoms with Gasteiger partial charge in [0.05, 0.1) is 11.7 Å². The Balaban J connectivity index is 2.00. The van der Waals surface area contributed by atoms with Crippen LogP contribution in [0.1, 0.15) is 39.4 Å². The predicted octanol–water partition coefficient (Wildman–Crippen LogP) is 2.73. The molecule has 1 saturated heterocycles. The first-order chi connectivity index (χ1) is 9.55.